The Kier molecular flexibility index (Phi) is 6.08. The van der Waals surface area contributed by atoms with Crippen molar-refractivity contribution < 1.29 is 9.15 Å². The van der Waals surface area contributed by atoms with E-state index in [2.05, 4.69) is 41.2 Å². The van der Waals surface area contributed by atoms with Gasteiger partial charge in [-0.25, -0.2) is 4.98 Å². The van der Waals surface area contributed by atoms with Crippen molar-refractivity contribution in [3.05, 3.63) is 59.9 Å². The first kappa shape index (κ1) is 20.7. The van der Waals surface area contributed by atoms with E-state index in [1.807, 2.05) is 18.2 Å². The predicted octanol–water partition coefficient (Wildman–Crippen LogP) is 3.27. The van der Waals surface area contributed by atoms with Gasteiger partial charge in [0.25, 0.3) is 0 Å². The monoisotopic (exact) mass is 420 g/mol. The number of aromatic nitrogens is 3. The molecule has 4 N–H and O–H groups in total. The van der Waals surface area contributed by atoms with Crippen LogP contribution in [0.2, 0.25) is 0 Å². The van der Waals surface area contributed by atoms with E-state index in [1.165, 1.54) is 5.56 Å². The summed E-state index contributed by atoms with van der Waals surface area (Å²) in [5.41, 5.74) is 15.9. The minimum atomic E-state index is 0.481. The van der Waals surface area contributed by atoms with Gasteiger partial charge in [-0.3, -0.25) is 0 Å². The SMILES string of the molecule is CN(C)CCCOc1ccc(CCc2c(N)cc3nc(-c4ccco4)nn3c2N)cc1. The summed E-state index contributed by atoms with van der Waals surface area (Å²) in [4.78, 5) is 6.62. The number of fused-ring (bicyclic) bond motifs is 1. The molecule has 0 saturated heterocycles. The zero-order valence-corrected chi connectivity index (χ0v) is 17.9. The number of pyridine rings is 1. The Morgan fingerprint density at radius 3 is 2.61 bits per heavy atom. The zero-order valence-electron chi connectivity index (χ0n) is 17.9. The summed E-state index contributed by atoms with van der Waals surface area (Å²) >= 11 is 0. The van der Waals surface area contributed by atoms with E-state index in [0.717, 1.165) is 30.7 Å². The van der Waals surface area contributed by atoms with Crippen molar-refractivity contribution in [1.29, 1.82) is 0 Å². The molecule has 0 unspecified atom stereocenters. The quantitative estimate of drug-likeness (QED) is 0.400. The molecule has 0 aliphatic carbocycles. The maximum atomic E-state index is 6.39. The van der Waals surface area contributed by atoms with Gasteiger partial charge in [-0.15, -0.1) is 5.10 Å². The predicted molar refractivity (Wildman–Crippen MR) is 122 cm³/mol. The van der Waals surface area contributed by atoms with Crippen LogP contribution in [0, 0.1) is 0 Å². The second-order valence-electron chi connectivity index (χ2n) is 7.80. The van der Waals surface area contributed by atoms with Crippen molar-refractivity contribution in [1.82, 2.24) is 19.5 Å². The highest BCUT2D eigenvalue weighted by Gasteiger charge is 2.15. The standard InChI is InChI=1S/C23H28N6O2/c1-28(2)12-4-14-30-17-9-6-16(7-10-17)8-11-18-19(24)15-21-26-23(20-5-3-13-31-20)27-29(21)22(18)25/h3,5-7,9-10,13,15H,4,8,11-12,14,24-25H2,1-2H3. The molecule has 0 aliphatic rings. The van der Waals surface area contributed by atoms with Gasteiger partial charge in [0.1, 0.15) is 11.6 Å². The van der Waals surface area contributed by atoms with E-state index in [1.54, 1.807) is 22.9 Å². The number of rotatable bonds is 9. The van der Waals surface area contributed by atoms with Gasteiger partial charge in [-0.2, -0.15) is 4.52 Å². The van der Waals surface area contributed by atoms with Crippen molar-refractivity contribution >= 4 is 17.2 Å². The Morgan fingerprint density at radius 2 is 1.90 bits per heavy atom. The zero-order chi connectivity index (χ0) is 21.8. The van der Waals surface area contributed by atoms with Gasteiger partial charge in [-0.05, 0) is 63.2 Å². The van der Waals surface area contributed by atoms with Crippen LogP contribution in [0.15, 0.2) is 53.1 Å². The van der Waals surface area contributed by atoms with Crippen LogP contribution < -0.4 is 16.2 Å². The molecule has 4 rings (SSSR count). The lowest BCUT2D eigenvalue weighted by atomic mass is 10.0. The molecule has 0 amide bonds. The lowest BCUT2D eigenvalue weighted by molar-refractivity contribution is 0.281. The number of benzene rings is 1. The third kappa shape index (κ3) is 4.80. The topological polar surface area (TPSA) is 108 Å². The molecule has 0 fully saturated rings. The summed E-state index contributed by atoms with van der Waals surface area (Å²) in [6.07, 6.45) is 4.09. The highest BCUT2D eigenvalue weighted by atomic mass is 16.5. The Bertz CT molecular complexity index is 1130. The summed E-state index contributed by atoms with van der Waals surface area (Å²) in [6, 6.07) is 13.6. The van der Waals surface area contributed by atoms with Gasteiger partial charge in [-0.1, -0.05) is 12.1 Å². The number of hydrogen-bond donors (Lipinski definition) is 2. The Balaban J connectivity index is 1.42. The smallest absolute Gasteiger partial charge is 0.217 e. The molecule has 8 heteroatoms. The van der Waals surface area contributed by atoms with Crippen LogP contribution in [0.25, 0.3) is 17.2 Å². The van der Waals surface area contributed by atoms with Crippen LogP contribution in [0.4, 0.5) is 11.5 Å². The molecule has 0 atom stereocenters. The molecular formula is C23H28N6O2. The molecule has 8 nitrogen and oxygen atoms in total. The Labute approximate surface area is 181 Å². The maximum Gasteiger partial charge on any atom is 0.217 e. The number of aryl methyl sites for hydroxylation is 1. The first-order valence-corrected chi connectivity index (χ1v) is 10.3. The van der Waals surface area contributed by atoms with Crippen LogP contribution >= 0.6 is 0 Å². The average molecular weight is 421 g/mol. The van der Waals surface area contributed by atoms with E-state index in [4.69, 9.17) is 20.6 Å². The number of nitrogens with zero attached hydrogens (tertiary/aromatic N) is 4. The fraction of sp³-hybridized carbons (Fsp3) is 0.304. The molecule has 0 radical (unpaired) electrons. The number of nitrogen functional groups attached to an aromatic ring is 2. The van der Waals surface area contributed by atoms with Crippen LogP contribution in [0.3, 0.4) is 0 Å². The van der Waals surface area contributed by atoms with Gasteiger partial charge in [0.15, 0.2) is 11.4 Å². The number of hydrogen-bond acceptors (Lipinski definition) is 7. The number of anilines is 2. The molecule has 0 saturated carbocycles. The average Bonchev–Trinajstić information content (AvgIpc) is 3.42. The third-order valence-corrected chi connectivity index (χ3v) is 5.15. The molecule has 3 heterocycles. The van der Waals surface area contributed by atoms with Gasteiger partial charge in [0.2, 0.25) is 5.82 Å². The number of furan rings is 1. The van der Waals surface area contributed by atoms with Crippen LogP contribution in [0.5, 0.6) is 5.75 Å². The van der Waals surface area contributed by atoms with Crippen LogP contribution in [0.1, 0.15) is 17.5 Å². The van der Waals surface area contributed by atoms with E-state index >= 15 is 0 Å². The van der Waals surface area contributed by atoms with Crippen LogP contribution in [-0.4, -0.2) is 46.7 Å². The second-order valence-corrected chi connectivity index (χ2v) is 7.80. The van der Waals surface area contributed by atoms with E-state index in [-0.39, 0.29) is 0 Å². The fourth-order valence-corrected chi connectivity index (χ4v) is 3.47. The summed E-state index contributed by atoms with van der Waals surface area (Å²) in [5, 5.41) is 4.48. The molecule has 3 aromatic heterocycles. The van der Waals surface area contributed by atoms with Gasteiger partial charge in [0, 0.05) is 23.9 Å². The lowest BCUT2D eigenvalue weighted by Crippen LogP contribution is -2.15. The third-order valence-electron chi connectivity index (χ3n) is 5.15. The van der Waals surface area contributed by atoms with Gasteiger partial charge >= 0.3 is 0 Å². The molecule has 4 aromatic rings. The second kappa shape index (κ2) is 9.09. The van der Waals surface area contributed by atoms with Crippen molar-refractivity contribution in [2.24, 2.45) is 0 Å². The molecule has 1 aromatic carbocycles. The van der Waals surface area contributed by atoms with E-state index in [9.17, 15) is 0 Å². The van der Waals surface area contributed by atoms with Crippen LogP contribution in [-0.2, 0) is 12.8 Å². The minimum Gasteiger partial charge on any atom is -0.494 e. The van der Waals surface area contributed by atoms with E-state index in [0.29, 0.717) is 41.8 Å². The summed E-state index contributed by atoms with van der Waals surface area (Å²) in [5.74, 6) is 2.46. The van der Waals surface area contributed by atoms with Crippen molar-refractivity contribution in [3.63, 3.8) is 0 Å². The number of nitrogens with two attached hydrogens (primary N) is 2. The van der Waals surface area contributed by atoms with Crippen molar-refractivity contribution in [2.75, 3.05) is 38.7 Å². The van der Waals surface area contributed by atoms with Crippen molar-refractivity contribution in [3.8, 4) is 17.3 Å². The van der Waals surface area contributed by atoms with Gasteiger partial charge in [0.05, 0.1) is 12.9 Å². The minimum absolute atomic E-state index is 0.481. The molecule has 0 spiro atoms. The van der Waals surface area contributed by atoms with Gasteiger partial charge < -0.3 is 25.5 Å². The molecule has 0 bridgehead atoms. The Morgan fingerprint density at radius 1 is 1.10 bits per heavy atom. The molecular weight excluding hydrogens is 392 g/mol. The highest BCUT2D eigenvalue weighted by molar-refractivity contribution is 5.67. The lowest BCUT2D eigenvalue weighted by Gasteiger charge is -2.12. The maximum absolute atomic E-state index is 6.39. The largest absolute Gasteiger partial charge is 0.494 e. The first-order chi connectivity index (χ1) is 15.0. The Hall–Kier alpha value is -3.52. The summed E-state index contributed by atoms with van der Waals surface area (Å²) in [6.45, 7) is 1.72. The normalized spacial score (nSPS) is 11.5. The highest BCUT2D eigenvalue weighted by Crippen LogP contribution is 2.26. The van der Waals surface area contributed by atoms with E-state index < -0.39 is 0 Å². The summed E-state index contributed by atoms with van der Waals surface area (Å²) < 4.78 is 12.8. The molecule has 31 heavy (non-hydrogen) atoms. The first-order valence-electron chi connectivity index (χ1n) is 10.3. The number of ether oxygens (including phenoxy) is 1. The molecule has 0 aliphatic heterocycles. The van der Waals surface area contributed by atoms with Crippen molar-refractivity contribution in [2.45, 2.75) is 19.3 Å². The molecule has 162 valence electrons. The summed E-state index contributed by atoms with van der Waals surface area (Å²) in [7, 11) is 4.12. The fourth-order valence-electron chi connectivity index (χ4n) is 3.47.